The predicted octanol–water partition coefficient (Wildman–Crippen LogP) is 7.47. The van der Waals surface area contributed by atoms with Crippen LogP contribution in [0, 0.1) is 17.6 Å². The van der Waals surface area contributed by atoms with Crippen LogP contribution in [0.25, 0.3) is 0 Å². The smallest absolute Gasteiger partial charge is 0.418 e. The lowest BCUT2D eigenvalue weighted by Gasteiger charge is -2.28. The molecule has 0 radical (unpaired) electrons. The number of alkyl halides is 3. The summed E-state index contributed by atoms with van der Waals surface area (Å²) in [6.45, 7) is 2.50. The second-order valence-corrected chi connectivity index (χ2v) is 10.6. The molecule has 1 aromatic heterocycles. The summed E-state index contributed by atoms with van der Waals surface area (Å²) in [5.41, 5.74) is 0.117. The standard InChI is InChI=1S/C31H32F5N3O2/c1-39-12-9-20(10-13-39)19-41-30-26(32)16-23(17-27(30)33)38-29-15-22(25(18-37-29)31(34,35)36)7-8-28-24(11-14-40-28)21-5-3-2-4-6-21/h2-6,8,15-18,20,24H,7,9-14,19H2,1H3,(H,37,38)/b28-8-. The van der Waals surface area contributed by atoms with Crippen molar-refractivity contribution < 1.29 is 31.4 Å². The van der Waals surface area contributed by atoms with Gasteiger partial charge in [-0.05, 0) is 75.0 Å². The van der Waals surface area contributed by atoms with Crippen LogP contribution >= 0.6 is 0 Å². The Balaban J connectivity index is 1.32. The Morgan fingerprint density at radius 2 is 1.76 bits per heavy atom. The van der Waals surface area contributed by atoms with Crippen LogP contribution in [0.3, 0.4) is 0 Å². The minimum atomic E-state index is -4.63. The quantitative estimate of drug-likeness (QED) is 0.283. The van der Waals surface area contributed by atoms with Crippen molar-refractivity contribution in [2.75, 3.05) is 38.7 Å². The number of likely N-dealkylation sites (tertiary alicyclic amines) is 1. The lowest BCUT2D eigenvalue weighted by Crippen LogP contribution is -2.32. The van der Waals surface area contributed by atoms with Crippen LogP contribution in [0.4, 0.5) is 33.5 Å². The first kappa shape index (κ1) is 28.9. The summed E-state index contributed by atoms with van der Waals surface area (Å²) in [6.07, 6.45) is 0.214. The molecule has 1 atom stereocenters. The van der Waals surface area contributed by atoms with Gasteiger partial charge in [0.2, 0.25) is 0 Å². The van der Waals surface area contributed by atoms with Gasteiger partial charge in [0.05, 0.1) is 24.5 Å². The maximum atomic E-state index is 14.8. The third-order valence-corrected chi connectivity index (χ3v) is 7.61. The van der Waals surface area contributed by atoms with E-state index in [4.69, 9.17) is 9.47 Å². The van der Waals surface area contributed by atoms with Crippen LogP contribution in [0.5, 0.6) is 5.75 Å². The number of halogens is 5. The Bertz CT molecular complexity index is 1350. The number of allylic oxidation sites excluding steroid dienone is 2. The molecule has 2 fully saturated rings. The number of hydrogen-bond donors (Lipinski definition) is 1. The SMILES string of the molecule is CN1CCC(COc2c(F)cc(Nc3cc(C/C=C4\OCCC4c4ccccc4)c(C(F)(F)F)cn3)cc2F)CC1. The van der Waals surface area contributed by atoms with Gasteiger partial charge in [0.15, 0.2) is 17.4 Å². The lowest BCUT2D eigenvalue weighted by atomic mass is 9.94. The van der Waals surface area contributed by atoms with Crippen LogP contribution in [-0.4, -0.2) is 43.2 Å². The summed E-state index contributed by atoms with van der Waals surface area (Å²) in [4.78, 5) is 6.06. The van der Waals surface area contributed by atoms with Crippen molar-refractivity contribution in [3.63, 3.8) is 0 Å². The monoisotopic (exact) mass is 573 g/mol. The molecule has 2 aliphatic heterocycles. The van der Waals surface area contributed by atoms with Crippen LogP contribution in [0.1, 0.15) is 41.9 Å². The average Bonchev–Trinajstić information content (AvgIpc) is 3.41. The van der Waals surface area contributed by atoms with Crippen LogP contribution in [-0.2, 0) is 17.3 Å². The molecule has 2 aromatic carbocycles. The van der Waals surface area contributed by atoms with Crippen LogP contribution in [0.2, 0.25) is 0 Å². The summed E-state index contributed by atoms with van der Waals surface area (Å²) in [7, 11) is 2.03. The fourth-order valence-corrected chi connectivity index (χ4v) is 5.30. The van der Waals surface area contributed by atoms with E-state index in [1.54, 1.807) is 6.08 Å². The normalized spacial score (nSPS) is 19.4. The van der Waals surface area contributed by atoms with Crippen molar-refractivity contribution in [3.05, 3.63) is 94.9 Å². The molecule has 10 heteroatoms. The van der Waals surface area contributed by atoms with E-state index < -0.39 is 29.1 Å². The molecule has 5 nitrogen and oxygen atoms in total. The largest absolute Gasteiger partial charge is 0.498 e. The molecule has 1 unspecified atom stereocenters. The highest BCUT2D eigenvalue weighted by molar-refractivity contribution is 5.59. The Hall–Kier alpha value is -3.66. The van der Waals surface area contributed by atoms with Crippen molar-refractivity contribution in [1.82, 2.24) is 9.88 Å². The van der Waals surface area contributed by atoms with E-state index in [2.05, 4.69) is 15.2 Å². The van der Waals surface area contributed by atoms with Crippen molar-refractivity contribution in [2.45, 2.75) is 37.8 Å². The first-order valence-corrected chi connectivity index (χ1v) is 13.7. The van der Waals surface area contributed by atoms with E-state index in [0.29, 0.717) is 12.4 Å². The summed E-state index contributed by atoms with van der Waals surface area (Å²) >= 11 is 0. The Morgan fingerprint density at radius 1 is 1.05 bits per heavy atom. The zero-order chi connectivity index (χ0) is 29.0. The summed E-state index contributed by atoms with van der Waals surface area (Å²) in [5.74, 6) is -1.44. The van der Waals surface area contributed by atoms with Crippen molar-refractivity contribution in [2.24, 2.45) is 5.92 Å². The number of aromatic nitrogens is 1. The molecule has 0 spiro atoms. The number of nitrogens with zero attached hydrogens (tertiary/aromatic N) is 2. The lowest BCUT2D eigenvalue weighted by molar-refractivity contribution is -0.138. The number of hydrogen-bond acceptors (Lipinski definition) is 5. The zero-order valence-corrected chi connectivity index (χ0v) is 22.7. The summed E-state index contributed by atoms with van der Waals surface area (Å²) < 4.78 is 82.2. The fourth-order valence-electron chi connectivity index (χ4n) is 5.30. The van der Waals surface area contributed by atoms with E-state index >= 15 is 0 Å². The Labute approximate surface area is 236 Å². The first-order valence-electron chi connectivity index (χ1n) is 13.7. The van der Waals surface area contributed by atoms with Gasteiger partial charge in [-0.15, -0.1) is 0 Å². The van der Waals surface area contributed by atoms with E-state index in [1.807, 2.05) is 37.4 Å². The first-order chi connectivity index (χ1) is 19.7. The molecule has 3 heterocycles. The maximum absolute atomic E-state index is 14.8. The molecule has 41 heavy (non-hydrogen) atoms. The van der Waals surface area contributed by atoms with Gasteiger partial charge in [-0.3, -0.25) is 0 Å². The third kappa shape index (κ3) is 7.16. The molecule has 0 bridgehead atoms. The summed E-state index contributed by atoms with van der Waals surface area (Å²) in [6, 6.07) is 13.0. The number of pyridine rings is 1. The highest BCUT2D eigenvalue weighted by Gasteiger charge is 2.34. The Kier molecular flexibility index (Phi) is 8.77. The van der Waals surface area contributed by atoms with Gasteiger partial charge in [0.25, 0.3) is 0 Å². The number of piperidine rings is 1. The number of ether oxygens (including phenoxy) is 2. The predicted molar refractivity (Wildman–Crippen MR) is 146 cm³/mol. The molecule has 1 N–H and O–H groups in total. The molecule has 2 aliphatic rings. The summed E-state index contributed by atoms with van der Waals surface area (Å²) in [5, 5.41) is 2.73. The maximum Gasteiger partial charge on any atom is 0.418 e. The second-order valence-electron chi connectivity index (χ2n) is 10.6. The van der Waals surface area contributed by atoms with E-state index in [-0.39, 0.29) is 41.9 Å². The minimum absolute atomic E-state index is 0.00599. The van der Waals surface area contributed by atoms with Crippen molar-refractivity contribution in [1.29, 1.82) is 0 Å². The molecule has 2 saturated heterocycles. The van der Waals surface area contributed by atoms with Crippen molar-refractivity contribution >= 4 is 11.5 Å². The molecular weight excluding hydrogens is 541 g/mol. The van der Waals surface area contributed by atoms with Gasteiger partial charge < -0.3 is 19.7 Å². The minimum Gasteiger partial charge on any atom is -0.498 e. The number of benzene rings is 2. The number of nitrogens with one attached hydrogen (secondary N) is 1. The van der Waals surface area contributed by atoms with E-state index in [1.165, 1.54) is 6.07 Å². The highest BCUT2D eigenvalue weighted by Crippen LogP contribution is 2.37. The van der Waals surface area contributed by atoms with E-state index in [9.17, 15) is 22.0 Å². The molecular formula is C31H32F5N3O2. The number of anilines is 2. The molecule has 0 aliphatic carbocycles. The number of rotatable bonds is 8. The fraction of sp³-hybridized carbons (Fsp3) is 0.387. The molecule has 0 saturated carbocycles. The van der Waals surface area contributed by atoms with Gasteiger partial charge in [-0.2, -0.15) is 13.2 Å². The van der Waals surface area contributed by atoms with Gasteiger partial charge in [-0.25, -0.2) is 13.8 Å². The van der Waals surface area contributed by atoms with Gasteiger partial charge in [-0.1, -0.05) is 30.3 Å². The molecule has 0 amide bonds. The second kappa shape index (κ2) is 12.5. The van der Waals surface area contributed by atoms with Gasteiger partial charge >= 0.3 is 6.18 Å². The van der Waals surface area contributed by atoms with Crippen LogP contribution < -0.4 is 10.1 Å². The van der Waals surface area contributed by atoms with Crippen LogP contribution in [0.15, 0.2) is 66.6 Å². The topological polar surface area (TPSA) is 46.6 Å². The highest BCUT2D eigenvalue weighted by atomic mass is 19.4. The van der Waals surface area contributed by atoms with Gasteiger partial charge in [0.1, 0.15) is 5.82 Å². The molecule has 5 rings (SSSR count). The van der Waals surface area contributed by atoms with E-state index in [0.717, 1.165) is 56.2 Å². The van der Waals surface area contributed by atoms with Gasteiger partial charge in [0, 0.05) is 29.9 Å². The zero-order valence-electron chi connectivity index (χ0n) is 22.7. The molecule has 3 aromatic rings. The Morgan fingerprint density at radius 3 is 2.44 bits per heavy atom. The van der Waals surface area contributed by atoms with Crippen molar-refractivity contribution in [3.8, 4) is 5.75 Å². The average molecular weight is 574 g/mol. The molecule has 218 valence electrons. The third-order valence-electron chi connectivity index (χ3n) is 7.61.